The molecule has 1 heterocycles. The Kier molecular flexibility index (Phi) is 4.42. The molecule has 1 aromatic heterocycles. The lowest BCUT2D eigenvalue weighted by atomic mass is 9.97. The zero-order valence-electron chi connectivity index (χ0n) is 12.1. The van der Waals surface area contributed by atoms with Gasteiger partial charge >= 0.3 is 0 Å². The second-order valence-electron chi connectivity index (χ2n) is 5.30. The number of aryl methyl sites for hydroxylation is 2. The van der Waals surface area contributed by atoms with Gasteiger partial charge in [-0.15, -0.1) is 0 Å². The molecule has 5 nitrogen and oxygen atoms in total. The number of rotatable bonds is 5. The van der Waals surface area contributed by atoms with E-state index in [0.717, 1.165) is 37.8 Å². The molecule has 1 saturated carbocycles. The van der Waals surface area contributed by atoms with Gasteiger partial charge in [0, 0.05) is 6.54 Å². The fourth-order valence-electron chi connectivity index (χ4n) is 2.76. The average molecular weight is 294 g/mol. The summed E-state index contributed by atoms with van der Waals surface area (Å²) < 4.78 is 1.73. The maximum absolute atomic E-state index is 12.5. The predicted octanol–water partition coefficient (Wildman–Crippen LogP) is 1.79. The Labute approximate surface area is 124 Å². The topological polar surface area (TPSA) is 72.9 Å². The van der Waals surface area contributed by atoms with Crippen molar-refractivity contribution in [3.8, 4) is 0 Å². The van der Waals surface area contributed by atoms with Gasteiger partial charge in [-0.05, 0) is 32.3 Å². The van der Waals surface area contributed by atoms with E-state index in [9.17, 15) is 4.79 Å². The highest BCUT2D eigenvalue weighted by Crippen LogP contribution is 2.30. The van der Waals surface area contributed by atoms with Crippen LogP contribution in [0.5, 0.6) is 0 Å². The van der Waals surface area contributed by atoms with E-state index in [1.807, 2.05) is 19.9 Å². The zero-order chi connectivity index (χ0) is 14.8. The summed E-state index contributed by atoms with van der Waals surface area (Å²) in [5.74, 6) is -0.131. The number of hydrogen-bond donors (Lipinski definition) is 2. The number of carbonyl (C=O) groups is 1. The summed E-state index contributed by atoms with van der Waals surface area (Å²) in [5, 5.41) is 7.46. The molecule has 0 atom stereocenters. The van der Waals surface area contributed by atoms with Crippen LogP contribution in [0.15, 0.2) is 6.07 Å². The number of hydrogen-bond acceptors (Lipinski definition) is 3. The Hall–Kier alpha value is -1.43. The van der Waals surface area contributed by atoms with Gasteiger partial charge in [-0.1, -0.05) is 32.0 Å². The zero-order valence-corrected chi connectivity index (χ0v) is 12.9. The van der Waals surface area contributed by atoms with Gasteiger partial charge in [0.1, 0.15) is 5.69 Å². The van der Waals surface area contributed by atoms with Crippen LogP contribution in [-0.2, 0) is 13.0 Å². The van der Waals surface area contributed by atoms with Crippen molar-refractivity contribution in [2.45, 2.75) is 58.0 Å². The lowest BCUT2D eigenvalue weighted by molar-refractivity contribution is 0.0913. The molecular weight excluding hydrogens is 272 g/mol. The van der Waals surface area contributed by atoms with Crippen LogP contribution >= 0.6 is 12.2 Å². The third kappa shape index (κ3) is 2.70. The number of thiocarbonyl (C=S) groups is 1. The first kappa shape index (κ1) is 15.0. The largest absolute Gasteiger partial charge is 0.391 e. The van der Waals surface area contributed by atoms with E-state index in [1.54, 1.807) is 4.68 Å². The lowest BCUT2D eigenvalue weighted by Crippen LogP contribution is -2.55. The van der Waals surface area contributed by atoms with Gasteiger partial charge in [0.25, 0.3) is 5.91 Å². The van der Waals surface area contributed by atoms with Crippen molar-refractivity contribution < 1.29 is 4.79 Å². The Morgan fingerprint density at radius 2 is 2.15 bits per heavy atom. The van der Waals surface area contributed by atoms with Crippen LogP contribution in [0.25, 0.3) is 0 Å². The van der Waals surface area contributed by atoms with Crippen molar-refractivity contribution in [3.05, 3.63) is 17.5 Å². The minimum absolute atomic E-state index is 0.131. The third-order valence-electron chi connectivity index (χ3n) is 4.01. The summed E-state index contributed by atoms with van der Waals surface area (Å²) in [7, 11) is 0. The third-order valence-corrected chi connectivity index (χ3v) is 4.40. The van der Waals surface area contributed by atoms with Crippen molar-refractivity contribution in [1.29, 1.82) is 0 Å². The molecule has 1 fully saturated rings. The molecule has 20 heavy (non-hydrogen) atoms. The summed E-state index contributed by atoms with van der Waals surface area (Å²) in [4.78, 5) is 12.9. The van der Waals surface area contributed by atoms with E-state index in [2.05, 4.69) is 10.4 Å². The van der Waals surface area contributed by atoms with Crippen molar-refractivity contribution in [2.24, 2.45) is 5.73 Å². The number of aromatic nitrogens is 2. The molecule has 0 saturated heterocycles. The normalized spacial score (nSPS) is 17.1. The molecule has 1 aliphatic carbocycles. The van der Waals surface area contributed by atoms with E-state index in [0.29, 0.717) is 17.2 Å². The van der Waals surface area contributed by atoms with Crippen molar-refractivity contribution in [3.63, 3.8) is 0 Å². The van der Waals surface area contributed by atoms with Gasteiger partial charge in [-0.25, -0.2) is 0 Å². The van der Waals surface area contributed by atoms with E-state index < -0.39 is 5.54 Å². The van der Waals surface area contributed by atoms with Crippen LogP contribution in [0, 0.1) is 0 Å². The van der Waals surface area contributed by atoms with Gasteiger partial charge in [0.15, 0.2) is 0 Å². The minimum Gasteiger partial charge on any atom is -0.391 e. The van der Waals surface area contributed by atoms with Gasteiger partial charge in [-0.2, -0.15) is 5.10 Å². The maximum Gasteiger partial charge on any atom is 0.270 e. The molecule has 0 aromatic carbocycles. The molecule has 110 valence electrons. The molecule has 1 aliphatic rings. The summed E-state index contributed by atoms with van der Waals surface area (Å²) in [6.45, 7) is 4.67. The van der Waals surface area contributed by atoms with Crippen LogP contribution in [0.4, 0.5) is 0 Å². The summed E-state index contributed by atoms with van der Waals surface area (Å²) >= 11 is 5.17. The minimum atomic E-state index is -0.512. The molecule has 0 bridgehead atoms. The van der Waals surface area contributed by atoms with Crippen LogP contribution in [0.1, 0.15) is 55.7 Å². The molecular formula is C14H22N4OS. The Morgan fingerprint density at radius 1 is 1.50 bits per heavy atom. The summed E-state index contributed by atoms with van der Waals surface area (Å²) in [5.41, 5.74) is 6.86. The van der Waals surface area contributed by atoms with Crippen LogP contribution in [0.3, 0.4) is 0 Å². The quantitative estimate of drug-likeness (QED) is 0.812. The summed E-state index contributed by atoms with van der Waals surface area (Å²) in [6, 6.07) is 1.85. The Bertz CT molecular complexity index is 517. The second kappa shape index (κ2) is 5.91. The molecule has 6 heteroatoms. The number of nitrogens with two attached hydrogens (primary N) is 1. The highest BCUT2D eigenvalue weighted by molar-refractivity contribution is 7.80. The molecule has 0 spiro atoms. The fraction of sp³-hybridized carbons (Fsp3) is 0.643. The standard InChI is InChI=1S/C14H22N4OS/c1-3-10-9-11(18(4-2)17-10)12(19)16-14(13(15)20)7-5-6-8-14/h9H,3-8H2,1-2H3,(H2,15,20)(H,16,19). The van der Waals surface area contributed by atoms with Crippen molar-refractivity contribution >= 4 is 23.1 Å². The second-order valence-corrected chi connectivity index (χ2v) is 5.74. The van der Waals surface area contributed by atoms with E-state index in [-0.39, 0.29) is 5.91 Å². The fourth-order valence-corrected chi connectivity index (χ4v) is 3.01. The Morgan fingerprint density at radius 3 is 2.65 bits per heavy atom. The smallest absolute Gasteiger partial charge is 0.270 e. The highest BCUT2D eigenvalue weighted by atomic mass is 32.1. The molecule has 3 N–H and O–H groups in total. The first-order valence-corrected chi connectivity index (χ1v) is 7.62. The number of carbonyl (C=O) groups excluding carboxylic acids is 1. The Balaban J connectivity index is 2.23. The monoisotopic (exact) mass is 294 g/mol. The van der Waals surface area contributed by atoms with Crippen molar-refractivity contribution in [2.75, 3.05) is 0 Å². The number of nitrogens with zero attached hydrogens (tertiary/aromatic N) is 2. The highest BCUT2D eigenvalue weighted by Gasteiger charge is 2.38. The van der Waals surface area contributed by atoms with Gasteiger partial charge in [0.2, 0.25) is 0 Å². The van der Waals surface area contributed by atoms with Gasteiger partial charge in [0.05, 0.1) is 16.2 Å². The van der Waals surface area contributed by atoms with Crippen LogP contribution in [-0.4, -0.2) is 26.2 Å². The number of nitrogens with one attached hydrogen (secondary N) is 1. The number of amides is 1. The first-order valence-electron chi connectivity index (χ1n) is 7.21. The predicted molar refractivity (Wildman–Crippen MR) is 82.7 cm³/mol. The van der Waals surface area contributed by atoms with Crippen molar-refractivity contribution in [1.82, 2.24) is 15.1 Å². The SMILES string of the molecule is CCc1cc(C(=O)NC2(C(N)=S)CCCC2)n(CC)n1. The first-order chi connectivity index (χ1) is 9.52. The lowest BCUT2D eigenvalue weighted by Gasteiger charge is -2.29. The maximum atomic E-state index is 12.5. The molecule has 2 rings (SSSR count). The van der Waals surface area contributed by atoms with Crippen LogP contribution in [0.2, 0.25) is 0 Å². The molecule has 1 amide bonds. The average Bonchev–Trinajstić information content (AvgIpc) is 3.05. The molecule has 0 radical (unpaired) electrons. The molecule has 1 aromatic rings. The molecule has 0 unspecified atom stereocenters. The van der Waals surface area contributed by atoms with Gasteiger partial charge in [-0.3, -0.25) is 9.48 Å². The molecule has 0 aliphatic heterocycles. The van der Waals surface area contributed by atoms with E-state index in [4.69, 9.17) is 18.0 Å². The van der Waals surface area contributed by atoms with Gasteiger partial charge < -0.3 is 11.1 Å². The van der Waals surface area contributed by atoms with Crippen LogP contribution < -0.4 is 11.1 Å². The summed E-state index contributed by atoms with van der Waals surface area (Å²) in [6.07, 6.45) is 4.56. The van der Waals surface area contributed by atoms with E-state index >= 15 is 0 Å². The van der Waals surface area contributed by atoms with E-state index in [1.165, 1.54) is 0 Å².